The summed E-state index contributed by atoms with van der Waals surface area (Å²) in [7, 11) is 0. The van der Waals surface area contributed by atoms with Crippen LogP contribution >= 0.6 is 0 Å². The molecule has 1 aromatic carbocycles. The van der Waals surface area contributed by atoms with Gasteiger partial charge in [0.05, 0.1) is 39.6 Å². The number of ether oxygens (including phenoxy) is 5. The first kappa shape index (κ1) is 21.3. The van der Waals surface area contributed by atoms with E-state index in [1.165, 1.54) is 0 Å². The Kier molecular flexibility index (Phi) is 8.97. The molecule has 1 aromatic heterocycles. The van der Waals surface area contributed by atoms with Gasteiger partial charge in [0.15, 0.2) is 23.9 Å². The number of fused-ring (bicyclic) bond motifs is 1. The Morgan fingerprint density at radius 1 is 0.690 bits per heavy atom. The van der Waals surface area contributed by atoms with Gasteiger partial charge in [-0.3, -0.25) is 0 Å². The molecule has 2 heterocycles. The second kappa shape index (κ2) is 12.2. The van der Waals surface area contributed by atoms with Crippen LogP contribution in [-0.2, 0) is 20.8 Å². The van der Waals surface area contributed by atoms with E-state index in [-0.39, 0.29) is 0 Å². The number of aromatic nitrogens is 1. The van der Waals surface area contributed by atoms with Gasteiger partial charge in [-0.25, -0.2) is 4.57 Å². The molecule has 0 N–H and O–H groups in total. The van der Waals surface area contributed by atoms with Crippen LogP contribution < -0.4 is 14.0 Å². The number of hydrogen-bond donors (Lipinski definition) is 0. The highest BCUT2D eigenvalue weighted by Gasteiger charge is 2.07. The highest BCUT2D eigenvalue weighted by molar-refractivity contribution is 5.70. The van der Waals surface area contributed by atoms with Crippen molar-refractivity contribution < 1.29 is 28.3 Å². The fourth-order valence-electron chi connectivity index (χ4n) is 2.81. The lowest BCUT2D eigenvalue weighted by Crippen LogP contribution is -2.30. The molecule has 156 valence electrons. The van der Waals surface area contributed by atoms with Crippen LogP contribution in [0.1, 0.15) is 18.1 Å². The first-order valence-corrected chi connectivity index (χ1v) is 10.2. The van der Waals surface area contributed by atoms with Crippen molar-refractivity contribution in [2.45, 2.75) is 13.5 Å². The molecule has 6 nitrogen and oxygen atoms in total. The summed E-state index contributed by atoms with van der Waals surface area (Å²) >= 11 is 0. The Morgan fingerprint density at radius 3 is 1.86 bits per heavy atom. The second-order valence-corrected chi connectivity index (χ2v) is 6.54. The molecule has 0 amide bonds. The van der Waals surface area contributed by atoms with Crippen LogP contribution in [0.25, 0.3) is 12.2 Å². The van der Waals surface area contributed by atoms with E-state index in [1.54, 1.807) is 0 Å². The Morgan fingerprint density at radius 2 is 1.24 bits per heavy atom. The third-order valence-corrected chi connectivity index (χ3v) is 4.43. The molecule has 1 aliphatic rings. The summed E-state index contributed by atoms with van der Waals surface area (Å²) in [5.41, 5.74) is 2.19. The SMILES string of the molecule is CC[n+]1ccc(/C=C/c2ccc3c(c2)OCCOCCOCCOCCO3)cc1. The van der Waals surface area contributed by atoms with E-state index in [0.717, 1.165) is 17.7 Å². The van der Waals surface area contributed by atoms with Gasteiger partial charge >= 0.3 is 0 Å². The Balaban J connectivity index is 1.67. The van der Waals surface area contributed by atoms with E-state index in [9.17, 15) is 0 Å². The van der Waals surface area contributed by atoms with Gasteiger partial charge < -0.3 is 23.7 Å². The van der Waals surface area contributed by atoms with Gasteiger partial charge in [-0.2, -0.15) is 0 Å². The van der Waals surface area contributed by atoms with Gasteiger partial charge in [0, 0.05) is 12.1 Å². The lowest BCUT2D eigenvalue weighted by Gasteiger charge is -2.13. The molecule has 0 saturated heterocycles. The Labute approximate surface area is 172 Å². The maximum atomic E-state index is 5.92. The third kappa shape index (κ3) is 7.49. The van der Waals surface area contributed by atoms with Crippen molar-refractivity contribution in [2.24, 2.45) is 0 Å². The van der Waals surface area contributed by atoms with Crippen molar-refractivity contribution in [3.8, 4) is 11.5 Å². The lowest BCUT2D eigenvalue weighted by atomic mass is 10.1. The van der Waals surface area contributed by atoms with Crippen LogP contribution in [0.15, 0.2) is 42.7 Å². The molecule has 0 atom stereocenters. The van der Waals surface area contributed by atoms with E-state index < -0.39 is 0 Å². The van der Waals surface area contributed by atoms with Crippen LogP contribution in [0.2, 0.25) is 0 Å². The summed E-state index contributed by atoms with van der Waals surface area (Å²) in [6, 6.07) is 10.1. The predicted octanol–water partition coefficient (Wildman–Crippen LogP) is 2.99. The fraction of sp³-hybridized carbons (Fsp3) is 0.435. The lowest BCUT2D eigenvalue weighted by molar-refractivity contribution is -0.693. The molecule has 1 aliphatic heterocycles. The van der Waals surface area contributed by atoms with E-state index >= 15 is 0 Å². The van der Waals surface area contributed by atoms with Crippen molar-refractivity contribution in [1.29, 1.82) is 0 Å². The molecule has 0 fully saturated rings. The molecular weight excluding hydrogens is 370 g/mol. The molecular formula is C23H30NO5+. The molecule has 2 aromatic rings. The summed E-state index contributed by atoms with van der Waals surface area (Å²) in [6.45, 7) is 7.23. The zero-order valence-electron chi connectivity index (χ0n) is 17.0. The Hall–Kier alpha value is -2.41. The highest BCUT2D eigenvalue weighted by Crippen LogP contribution is 2.29. The number of hydrogen-bond acceptors (Lipinski definition) is 5. The Bertz CT molecular complexity index is 760. The van der Waals surface area contributed by atoms with Crippen molar-refractivity contribution in [3.63, 3.8) is 0 Å². The summed E-state index contributed by atoms with van der Waals surface area (Å²) < 4.78 is 30.4. The van der Waals surface area contributed by atoms with Gasteiger partial charge in [-0.1, -0.05) is 18.2 Å². The van der Waals surface area contributed by atoms with Gasteiger partial charge in [0.2, 0.25) is 0 Å². The summed E-state index contributed by atoms with van der Waals surface area (Å²) in [5, 5.41) is 0. The molecule has 0 bridgehead atoms. The van der Waals surface area contributed by atoms with Crippen molar-refractivity contribution in [1.82, 2.24) is 0 Å². The zero-order chi connectivity index (χ0) is 20.2. The molecule has 3 rings (SSSR count). The minimum Gasteiger partial charge on any atom is -0.487 e. The van der Waals surface area contributed by atoms with Crippen LogP contribution in [0.3, 0.4) is 0 Å². The van der Waals surface area contributed by atoms with Gasteiger partial charge in [-0.15, -0.1) is 0 Å². The maximum Gasteiger partial charge on any atom is 0.169 e. The summed E-state index contributed by atoms with van der Waals surface area (Å²) in [5.74, 6) is 1.42. The van der Waals surface area contributed by atoms with Gasteiger partial charge in [0.1, 0.15) is 19.8 Å². The maximum absolute atomic E-state index is 5.92. The molecule has 0 saturated carbocycles. The number of nitrogens with zero attached hydrogens (tertiary/aromatic N) is 1. The molecule has 0 aliphatic carbocycles. The standard InChI is InChI=1S/C23H30NO5/c1-2-24-9-7-20(8-10-24)3-4-21-5-6-22-23(19-21)29-18-16-27-14-12-25-11-13-26-15-17-28-22/h3-10,19H,2,11-18H2,1H3/q+1/b4-3+. The zero-order valence-corrected chi connectivity index (χ0v) is 17.0. The fourth-order valence-corrected chi connectivity index (χ4v) is 2.81. The average Bonchev–Trinajstić information content (AvgIpc) is 2.77. The quantitative estimate of drug-likeness (QED) is 0.742. The van der Waals surface area contributed by atoms with Crippen molar-refractivity contribution in [3.05, 3.63) is 53.9 Å². The number of pyridine rings is 1. The predicted molar refractivity (Wildman–Crippen MR) is 111 cm³/mol. The highest BCUT2D eigenvalue weighted by atomic mass is 16.6. The third-order valence-electron chi connectivity index (χ3n) is 4.43. The van der Waals surface area contributed by atoms with E-state index in [4.69, 9.17) is 23.7 Å². The minimum absolute atomic E-state index is 0.454. The van der Waals surface area contributed by atoms with E-state index in [2.05, 4.69) is 48.2 Å². The second-order valence-electron chi connectivity index (χ2n) is 6.54. The van der Waals surface area contributed by atoms with Crippen molar-refractivity contribution in [2.75, 3.05) is 52.9 Å². The van der Waals surface area contributed by atoms with Crippen LogP contribution in [0.4, 0.5) is 0 Å². The summed E-state index contributed by atoms with van der Waals surface area (Å²) in [6.07, 6.45) is 8.32. The number of benzene rings is 1. The monoisotopic (exact) mass is 400 g/mol. The molecule has 0 spiro atoms. The van der Waals surface area contributed by atoms with Crippen LogP contribution in [0.5, 0.6) is 11.5 Å². The largest absolute Gasteiger partial charge is 0.487 e. The minimum atomic E-state index is 0.454. The topological polar surface area (TPSA) is 50.0 Å². The van der Waals surface area contributed by atoms with Gasteiger partial charge in [0.25, 0.3) is 0 Å². The first-order valence-electron chi connectivity index (χ1n) is 10.2. The number of aryl methyl sites for hydroxylation is 1. The molecule has 0 radical (unpaired) electrons. The van der Waals surface area contributed by atoms with E-state index in [1.807, 2.05) is 18.2 Å². The van der Waals surface area contributed by atoms with Crippen LogP contribution in [-0.4, -0.2) is 52.9 Å². The van der Waals surface area contributed by atoms with Crippen molar-refractivity contribution >= 4 is 12.2 Å². The average molecular weight is 400 g/mol. The first-order chi connectivity index (χ1) is 14.3. The molecule has 29 heavy (non-hydrogen) atoms. The smallest absolute Gasteiger partial charge is 0.169 e. The van der Waals surface area contributed by atoms with Crippen LogP contribution in [0, 0.1) is 0 Å². The van der Waals surface area contributed by atoms with E-state index in [0.29, 0.717) is 64.4 Å². The molecule has 6 heteroatoms. The number of rotatable bonds is 3. The summed E-state index contributed by atoms with van der Waals surface area (Å²) in [4.78, 5) is 0. The van der Waals surface area contributed by atoms with Gasteiger partial charge in [-0.05, 0) is 30.2 Å². The normalized spacial score (nSPS) is 16.9. The molecule has 0 unspecified atom stereocenters.